The van der Waals surface area contributed by atoms with Crippen LogP contribution < -0.4 is 11.1 Å². The fourth-order valence-electron chi connectivity index (χ4n) is 3.73. The Balaban J connectivity index is 1.53. The third kappa shape index (κ3) is 4.82. The molecule has 0 radical (unpaired) electrons. The molecule has 0 unspecified atom stereocenters. The molecule has 0 aliphatic carbocycles. The number of fused-ring (bicyclic) bond motifs is 1. The number of nitrogens with two attached hydrogens (primary N) is 1. The van der Waals surface area contributed by atoms with E-state index in [9.17, 15) is 22.4 Å². The molecule has 0 spiro atoms. The van der Waals surface area contributed by atoms with Crippen LogP contribution in [0.4, 0.5) is 23.4 Å². The first-order valence-electron chi connectivity index (χ1n) is 10.2. The molecule has 0 aliphatic rings. The van der Waals surface area contributed by atoms with Gasteiger partial charge in [-0.3, -0.25) is 14.5 Å². The fraction of sp³-hybridized carbons (Fsp3) is 0.217. The third-order valence-corrected chi connectivity index (χ3v) is 5.35. The Morgan fingerprint density at radius 2 is 1.91 bits per heavy atom. The van der Waals surface area contributed by atoms with Crippen molar-refractivity contribution in [2.45, 2.75) is 33.1 Å². The number of nitrogen functional groups attached to an aromatic ring is 1. The Morgan fingerprint density at radius 3 is 2.62 bits per heavy atom. The van der Waals surface area contributed by atoms with Gasteiger partial charge in [-0.15, -0.1) is 0 Å². The molecule has 0 saturated carbocycles. The molecule has 4 aromatic rings. The maximum absolute atomic E-state index is 13.5. The molecular weight excluding hydrogens is 452 g/mol. The minimum Gasteiger partial charge on any atom is -0.384 e. The van der Waals surface area contributed by atoms with Gasteiger partial charge in [0.1, 0.15) is 11.6 Å². The summed E-state index contributed by atoms with van der Waals surface area (Å²) in [4.78, 5) is 20.9. The number of aromatic nitrogens is 4. The number of anilines is 1. The molecule has 0 atom stereocenters. The number of hydrogen-bond donors (Lipinski definition) is 2. The maximum Gasteiger partial charge on any atom is 0.417 e. The summed E-state index contributed by atoms with van der Waals surface area (Å²) in [6.07, 6.45) is -1.95. The number of aryl methyl sites for hydroxylation is 2. The number of nitrogens with one attached hydrogen (secondary N) is 1. The summed E-state index contributed by atoms with van der Waals surface area (Å²) in [6.45, 7) is 3.78. The average molecular weight is 472 g/mol. The van der Waals surface area contributed by atoms with Crippen LogP contribution in [0.25, 0.3) is 10.9 Å². The van der Waals surface area contributed by atoms with Gasteiger partial charge in [-0.2, -0.15) is 18.3 Å². The molecule has 0 aliphatic heterocycles. The fourth-order valence-corrected chi connectivity index (χ4v) is 3.73. The standard InChI is InChI=1S/C23H20F4N6O/c1-12-5-21(28)31-13(2)18(12)9-29-22(34)14-8-30-33(10-14)11-16-7-19(23(25,26)27)17-6-15(24)3-4-20(17)32-16/h3-8,10H,9,11H2,1-2H3,(H2,28,31)(H,29,34). The Morgan fingerprint density at radius 1 is 1.15 bits per heavy atom. The summed E-state index contributed by atoms with van der Waals surface area (Å²) in [7, 11) is 0. The van der Waals surface area contributed by atoms with E-state index in [2.05, 4.69) is 20.4 Å². The van der Waals surface area contributed by atoms with E-state index >= 15 is 0 Å². The predicted molar refractivity (Wildman–Crippen MR) is 117 cm³/mol. The smallest absolute Gasteiger partial charge is 0.384 e. The van der Waals surface area contributed by atoms with Crippen LogP contribution in [-0.4, -0.2) is 25.7 Å². The molecule has 34 heavy (non-hydrogen) atoms. The van der Waals surface area contributed by atoms with E-state index in [1.807, 2.05) is 6.92 Å². The number of hydrogen-bond acceptors (Lipinski definition) is 5. The zero-order valence-electron chi connectivity index (χ0n) is 18.2. The Kier molecular flexibility index (Phi) is 5.94. The van der Waals surface area contributed by atoms with Gasteiger partial charge in [-0.25, -0.2) is 9.37 Å². The molecular formula is C23H20F4N6O. The highest BCUT2D eigenvalue weighted by Gasteiger charge is 2.33. The summed E-state index contributed by atoms with van der Waals surface area (Å²) < 4.78 is 55.5. The highest BCUT2D eigenvalue weighted by molar-refractivity contribution is 5.93. The van der Waals surface area contributed by atoms with Crippen molar-refractivity contribution in [3.05, 3.63) is 82.2 Å². The van der Waals surface area contributed by atoms with Crippen LogP contribution >= 0.6 is 0 Å². The number of pyridine rings is 2. The van der Waals surface area contributed by atoms with Crippen LogP contribution in [0.5, 0.6) is 0 Å². The van der Waals surface area contributed by atoms with E-state index in [4.69, 9.17) is 5.73 Å². The normalized spacial score (nSPS) is 11.7. The largest absolute Gasteiger partial charge is 0.417 e. The SMILES string of the molecule is Cc1cc(N)nc(C)c1CNC(=O)c1cnn(Cc2cc(C(F)(F)F)c3cc(F)ccc3n2)c1. The minimum absolute atomic E-state index is 0.0131. The van der Waals surface area contributed by atoms with Crippen LogP contribution in [0.1, 0.15) is 38.4 Å². The highest BCUT2D eigenvalue weighted by Crippen LogP contribution is 2.35. The van der Waals surface area contributed by atoms with Crippen LogP contribution in [0.3, 0.4) is 0 Å². The van der Waals surface area contributed by atoms with Gasteiger partial charge in [0, 0.05) is 23.8 Å². The average Bonchev–Trinajstić information content (AvgIpc) is 3.20. The van der Waals surface area contributed by atoms with Gasteiger partial charge >= 0.3 is 6.18 Å². The van der Waals surface area contributed by atoms with Gasteiger partial charge in [0.15, 0.2) is 0 Å². The lowest BCUT2D eigenvalue weighted by Gasteiger charge is -2.12. The van der Waals surface area contributed by atoms with Gasteiger partial charge in [-0.05, 0) is 55.3 Å². The lowest BCUT2D eigenvalue weighted by Crippen LogP contribution is -2.23. The zero-order valence-corrected chi connectivity index (χ0v) is 18.2. The van der Waals surface area contributed by atoms with Crippen molar-refractivity contribution in [2.24, 2.45) is 0 Å². The number of halogens is 4. The monoisotopic (exact) mass is 472 g/mol. The van der Waals surface area contributed by atoms with E-state index < -0.39 is 23.5 Å². The van der Waals surface area contributed by atoms with Crippen molar-refractivity contribution >= 4 is 22.6 Å². The Labute approximate surface area is 191 Å². The van der Waals surface area contributed by atoms with Crippen molar-refractivity contribution < 1.29 is 22.4 Å². The molecule has 4 rings (SSSR count). The molecule has 3 N–H and O–H groups in total. The second-order valence-electron chi connectivity index (χ2n) is 7.86. The van der Waals surface area contributed by atoms with Gasteiger partial charge < -0.3 is 11.1 Å². The molecule has 3 aromatic heterocycles. The number of nitrogens with zero attached hydrogens (tertiary/aromatic N) is 4. The van der Waals surface area contributed by atoms with Gasteiger partial charge in [0.05, 0.1) is 35.1 Å². The van der Waals surface area contributed by atoms with Gasteiger partial charge in [0.2, 0.25) is 0 Å². The number of carbonyl (C=O) groups is 1. The van der Waals surface area contributed by atoms with E-state index in [1.165, 1.54) is 23.1 Å². The third-order valence-electron chi connectivity index (χ3n) is 5.35. The van der Waals surface area contributed by atoms with Crippen molar-refractivity contribution in [1.82, 2.24) is 25.1 Å². The lowest BCUT2D eigenvalue weighted by atomic mass is 10.1. The molecule has 0 saturated heterocycles. The number of carbonyl (C=O) groups excluding carboxylic acids is 1. The molecule has 11 heteroatoms. The Hall–Kier alpha value is -4.02. The molecule has 0 fully saturated rings. The van der Waals surface area contributed by atoms with Crippen LogP contribution in [0.2, 0.25) is 0 Å². The van der Waals surface area contributed by atoms with E-state index in [0.29, 0.717) is 11.5 Å². The second kappa shape index (κ2) is 8.73. The molecule has 1 aromatic carbocycles. The predicted octanol–water partition coefficient (Wildman–Crippen LogP) is 4.16. The number of rotatable bonds is 5. The second-order valence-corrected chi connectivity index (χ2v) is 7.86. The van der Waals surface area contributed by atoms with Crippen molar-refractivity contribution in [3.63, 3.8) is 0 Å². The molecule has 176 valence electrons. The number of amides is 1. The van der Waals surface area contributed by atoms with Crippen LogP contribution in [0.15, 0.2) is 42.7 Å². The summed E-state index contributed by atoms with van der Waals surface area (Å²) >= 11 is 0. The first-order chi connectivity index (χ1) is 16.0. The zero-order chi connectivity index (χ0) is 24.6. The van der Waals surface area contributed by atoms with E-state index in [-0.39, 0.29) is 35.2 Å². The number of benzene rings is 1. The van der Waals surface area contributed by atoms with Crippen molar-refractivity contribution in [2.75, 3.05) is 5.73 Å². The molecule has 7 nitrogen and oxygen atoms in total. The van der Waals surface area contributed by atoms with Gasteiger partial charge in [0.25, 0.3) is 5.91 Å². The number of alkyl halides is 3. The highest BCUT2D eigenvalue weighted by atomic mass is 19.4. The van der Waals surface area contributed by atoms with Gasteiger partial charge in [-0.1, -0.05) is 0 Å². The first kappa shape index (κ1) is 23.1. The summed E-state index contributed by atoms with van der Waals surface area (Å²) in [5, 5.41) is 6.53. The summed E-state index contributed by atoms with van der Waals surface area (Å²) in [5.41, 5.74) is 7.49. The Bertz CT molecular complexity index is 1370. The quantitative estimate of drug-likeness (QED) is 0.425. The van der Waals surface area contributed by atoms with Crippen LogP contribution in [-0.2, 0) is 19.3 Å². The van der Waals surface area contributed by atoms with E-state index in [1.54, 1.807) is 13.0 Å². The topological polar surface area (TPSA) is 98.7 Å². The summed E-state index contributed by atoms with van der Waals surface area (Å²) in [6, 6.07) is 5.64. The minimum atomic E-state index is -4.69. The van der Waals surface area contributed by atoms with Crippen LogP contribution in [0, 0.1) is 19.7 Å². The molecule has 3 heterocycles. The molecule has 1 amide bonds. The first-order valence-corrected chi connectivity index (χ1v) is 10.2. The summed E-state index contributed by atoms with van der Waals surface area (Å²) in [5.74, 6) is -0.789. The molecule has 0 bridgehead atoms. The van der Waals surface area contributed by atoms with Crippen molar-refractivity contribution in [1.29, 1.82) is 0 Å². The van der Waals surface area contributed by atoms with Crippen molar-refractivity contribution in [3.8, 4) is 0 Å². The lowest BCUT2D eigenvalue weighted by molar-refractivity contribution is -0.136. The van der Waals surface area contributed by atoms with E-state index in [0.717, 1.165) is 29.3 Å². The maximum atomic E-state index is 13.5.